The van der Waals surface area contributed by atoms with Crippen LogP contribution in [0.4, 0.5) is 5.69 Å². The number of carbonyl (C=O) groups is 3. The van der Waals surface area contributed by atoms with Crippen LogP contribution in [0, 0.1) is 10.1 Å². The Kier molecular flexibility index (Phi) is 3.59. The van der Waals surface area contributed by atoms with E-state index in [4.69, 9.17) is 0 Å². The van der Waals surface area contributed by atoms with Gasteiger partial charge < -0.3 is 4.90 Å². The number of nitro groups is 1. The minimum Gasteiger partial charge on any atom is -0.341 e. The van der Waals surface area contributed by atoms with Crippen LogP contribution in [0.5, 0.6) is 0 Å². The molecule has 1 fully saturated rings. The quantitative estimate of drug-likeness (QED) is 0.463. The molecule has 0 unspecified atom stereocenters. The molecule has 1 saturated heterocycles. The monoisotopic (exact) mass is 317 g/mol. The van der Waals surface area contributed by atoms with Crippen molar-refractivity contribution in [2.75, 3.05) is 13.1 Å². The van der Waals surface area contributed by atoms with Crippen molar-refractivity contribution in [2.24, 2.45) is 0 Å². The lowest BCUT2D eigenvalue weighted by Gasteiger charge is -2.36. The van der Waals surface area contributed by atoms with Gasteiger partial charge in [0, 0.05) is 26.1 Å². The maximum Gasteiger partial charge on any atom is 0.282 e. The number of nitrogens with zero attached hydrogens (tertiary/aromatic N) is 3. The molecule has 0 spiro atoms. The summed E-state index contributed by atoms with van der Waals surface area (Å²) in [6.45, 7) is 2.30. The van der Waals surface area contributed by atoms with E-state index in [1.165, 1.54) is 25.1 Å². The molecule has 8 nitrogen and oxygen atoms in total. The van der Waals surface area contributed by atoms with Crippen molar-refractivity contribution in [1.82, 2.24) is 9.80 Å². The van der Waals surface area contributed by atoms with Gasteiger partial charge in [-0.15, -0.1) is 0 Å². The Hall–Kier alpha value is -2.77. The fourth-order valence-corrected chi connectivity index (χ4v) is 3.22. The van der Waals surface area contributed by atoms with E-state index in [1.807, 2.05) is 0 Å². The van der Waals surface area contributed by atoms with Gasteiger partial charge in [0.1, 0.15) is 5.56 Å². The number of hydrogen-bond acceptors (Lipinski definition) is 5. The average molecular weight is 317 g/mol. The first-order valence-electron chi connectivity index (χ1n) is 7.32. The minimum absolute atomic E-state index is 0.0594. The van der Waals surface area contributed by atoms with Crippen molar-refractivity contribution >= 4 is 23.4 Å². The number of likely N-dealkylation sites (tertiary alicyclic amines) is 1. The van der Waals surface area contributed by atoms with Crippen LogP contribution in [-0.2, 0) is 4.79 Å². The van der Waals surface area contributed by atoms with E-state index in [-0.39, 0.29) is 29.3 Å². The van der Waals surface area contributed by atoms with Crippen molar-refractivity contribution < 1.29 is 19.3 Å². The third kappa shape index (κ3) is 2.36. The maximum atomic E-state index is 12.6. The van der Waals surface area contributed by atoms with Crippen molar-refractivity contribution in [3.8, 4) is 0 Å². The summed E-state index contributed by atoms with van der Waals surface area (Å²) in [7, 11) is 0. The normalized spacial score (nSPS) is 20.7. The van der Waals surface area contributed by atoms with E-state index in [9.17, 15) is 24.5 Å². The Balaban J connectivity index is 1.96. The number of amides is 3. The lowest BCUT2D eigenvalue weighted by Crippen LogP contribution is -2.51. The molecule has 1 atom stereocenters. The highest BCUT2D eigenvalue weighted by Gasteiger charge is 2.45. The molecule has 0 bridgehead atoms. The third-order valence-electron chi connectivity index (χ3n) is 4.33. The highest BCUT2D eigenvalue weighted by Crippen LogP contribution is 2.33. The fraction of sp³-hybridized carbons (Fsp3) is 0.400. The average Bonchev–Trinajstić information content (AvgIpc) is 2.79. The summed E-state index contributed by atoms with van der Waals surface area (Å²) >= 11 is 0. The van der Waals surface area contributed by atoms with E-state index in [1.54, 1.807) is 4.90 Å². The Morgan fingerprint density at radius 2 is 2.04 bits per heavy atom. The van der Waals surface area contributed by atoms with Crippen molar-refractivity contribution in [1.29, 1.82) is 0 Å². The Labute approximate surface area is 131 Å². The predicted molar refractivity (Wildman–Crippen MR) is 78.9 cm³/mol. The van der Waals surface area contributed by atoms with Gasteiger partial charge in [-0.2, -0.15) is 0 Å². The van der Waals surface area contributed by atoms with Gasteiger partial charge in [0.2, 0.25) is 5.91 Å². The highest BCUT2D eigenvalue weighted by atomic mass is 16.6. The maximum absolute atomic E-state index is 12.6. The third-order valence-corrected chi connectivity index (χ3v) is 4.33. The van der Waals surface area contributed by atoms with Crippen molar-refractivity contribution in [3.05, 3.63) is 39.4 Å². The molecule has 0 radical (unpaired) electrons. The Morgan fingerprint density at radius 3 is 2.70 bits per heavy atom. The first kappa shape index (κ1) is 15.1. The lowest BCUT2D eigenvalue weighted by atomic mass is 10.0. The second kappa shape index (κ2) is 5.45. The Bertz CT molecular complexity index is 730. The summed E-state index contributed by atoms with van der Waals surface area (Å²) in [5.41, 5.74) is -0.450. The minimum atomic E-state index is -0.656. The Morgan fingerprint density at radius 1 is 1.30 bits per heavy atom. The first-order chi connectivity index (χ1) is 10.9. The van der Waals surface area contributed by atoms with E-state index in [0.29, 0.717) is 19.4 Å². The molecule has 120 valence electrons. The van der Waals surface area contributed by atoms with Gasteiger partial charge in [-0.05, 0) is 18.9 Å². The number of nitro benzene ring substituents is 1. The molecule has 23 heavy (non-hydrogen) atoms. The van der Waals surface area contributed by atoms with Crippen LogP contribution < -0.4 is 0 Å². The topological polar surface area (TPSA) is 101 Å². The summed E-state index contributed by atoms with van der Waals surface area (Å²) < 4.78 is 0. The molecule has 8 heteroatoms. The molecule has 2 heterocycles. The number of benzene rings is 1. The van der Waals surface area contributed by atoms with Crippen LogP contribution >= 0.6 is 0 Å². The number of carbonyl (C=O) groups excluding carboxylic acids is 3. The zero-order chi connectivity index (χ0) is 16.7. The fourth-order valence-electron chi connectivity index (χ4n) is 3.22. The second-order valence-corrected chi connectivity index (χ2v) is 5.70. The number of imide groups is 1. The largest absolute Gasteiger partial charge is 0.341 e. The zero-order valence-corrected chi connectivity index (χ0v) is 12.5. The van der Waals surface area contributed by atoms with E-state index < -0.39 is 22.8 Å². The zero-order valence-electron chi connectivity index (χ0n) is 12.5. The first-order valence-corrected chi connectivity index (χ1v) is 7.32. The van der Waals surface area contributed by atoms with Gasteiger partial charge in [0.05, 0.1) is 16.5 Å². The second-order valence-electron chi connectivity index (χ2n) is 5.70. The van der Waals surface area contributed by atoms with E-state index in [2.05, 4.69) is 0 Å². The van der Waals surface area contributed by atoms with Gasteiger partial charge in [-0.3, -0.25) is 29.4 Å². The van der Waals surface area contributed by atoms with E-state index >= 15 is 0 Å². The van der Waals surface area contributed by atoms with Crippen LogP contribution in [0.1, 0.15) is 40.5 Å². The molecule has 0 aromatic heterocycles. The summed E-state index contributed by atoms with van der Waals surface area (Å²) in [4.78, 5) is 49.8. The van der Waals surface area contributed by atoms with Crippen molar-refractivity contribution in [3.63, 3.8) is 0 Å². The lowest BCUT2D eigenvalue weighted by molar-refractivity contribution is -0.385. The van der Waals surface area contributed by atoms with Crippen LogP contribution in [-0.4, -0.2) is 51.6 Å². The van der Waals surface area contributed by atoms with Gasteiger partial charge in [0.15, 0.2) is 0 Å². The highest BCUT2D eigenvalue weighted by molar-refractivity contribution is 6.23. The standard InChI is InChI=1S/C15H15N3O5/c1-9(19)16-7-3-4-10(8-16)17-14(20)11-5-2-6-12(18(22)23)13(11)15(17)21/h2,5-6,10H,3-4,7-8H2,1H3/t10-/m0/s1. The molecular weight excluding hydrogens is 302 g/mol. The number of rotatable bonds is 2. The van der Waals surface area contributed by atoms with Crippen LogP contribution in [0.2, 0.25) is 0 Å². The molecule has 0 N–H and O–H groups in total. The van der Waals surface area contributed by atoms with Gasteiger partial charge >= 0.3 is 0 Å². The molecule has 1 aromatic rings. The SMILES string of the molecule is CC(=O)N1CCC[C@H](N2C(=O)c3cccc([N+](=O)[O-])c3C2=O)C1. The molecule has 2 aliphatic rings. The number of hydrogen-bond donors (Lipinski definition) is 0. The van der Waals surface area contributed by atoms with Crippen LogP contribution in [0.25, 0.3) is 0 Å². The summed E-state index contributed by atoms with van der Waals surface area (Å²) in [6.07, 6.45) is 1.27. The van der Waals surface area contributed by atoms with Gasteiger partial charge in [0.25, 0.3) is 17.5 Å². The predicted octanol–water partition coefficient (Wildman–Crippen LogP) is 1.20. The van der Waals surface area contributed by atoms with Crippen LogP contribution in [0.15, 0.2) is 18.2 Å². The van der Waals surface area contributed by atoms with E-state index in [0.717, 1.165) is 4.90 Å². The summed E-state index contributed by atoms with van der Waals surface area (Å²) in [5, 5.41) is 11.1. The molecule has 0 aliphatic carbocycles. The number of fused-ring (bicyclic) bond motifs is 1. The van der Waals surface area contributed by atoms with Gasteiger partial charge in [-0.25, -0.2) is 0 Å². The molecule has 2 aliphatic heterocycles. The molecule has 3 rings (SSSR count). The summed E-state index contributed by atoms with van der Waals surface area (Å²) in [6, 6.07) is 3.60. The smallest absolute Gasteiger partial charge is 0.282 e. The van der Waals surface area contributed by atoms with Crippen molar-refractivity contribution in [2.45, 2.75) is 25.8 Å². The molecular formula is C15H15N3O5. The number of piperidine rings is 1. The molecule has 0 saturated carbocycles. The summed E-state index contributed by atoms with van der Waals surface area (Å²) in [5.74, 6) is -1.28. The molecule has 3 amide bonds. The molecule has 1 aromatic carbocycles. The van der Waals surface area contributed by atoms with Gasteiger partial charge in [-0.1, -0.05) is 6.07 Å². The van der Waals surface area contributed by atoms with Crippen LogP contribution in [0.3, 0.4) is 0 Å².